The number of carbonyl (C=O) groups is 2. The summed E-state index contributed by atoms with van der Waals surface area (Å²) in [4.78, 5) is 44.9. The van der Waals surface area contributed by atoms with E-state index in [-0.39, 0.29) is 61.3 Å². The Hall–Kier alpha value is -8.54. The normalized spacial score (nSPS) is 12.7. The molecule has 0 atom stereocenters. The highest BCUT2D eigenvalue weighted by Crippen LogP contribution is 2.45. The van der Waals surface area contributed by atoms with E-state index in [4.69, 9.17) is 47.4 Å². The van der Waals surface area contributed by atoms with Crippen LogP contribution < -0.4 is 18.9 Å². The molecule has 0 aliphatic heterocycles. The molecule has 16 heteroatoms. The molecule has 0 saturated carbocycles. The van der Waals surface area contributed by atoms with E-state index in [0.717, 1.165) is 112 Å². The molecule has 0 fully saturated rings. The molecule has 98 heavy (non-hydrogen) atoms. The van der Waals surface area contributed by atoms with Crippen molar-refractivity contribution in [2.24, 2.45) is 0 Å². The van der Waals surface area contributed by atoms with E-state index in [1.54, 1.807) is 0 Å². The van der Waals surface area contributed by atoms with Crippen molar-refractivity contribution in [3.8, 4) is 45.8 Å². The van der Waals surface area contributed by atoms with Crippen molar-refractivity contribution in [2.45, 2.75) is 157 Å². The van der Waals surface area contributed by atoms with Crippen LogP contribution in [-0.4, -0.2) is 112 Å². The average molecular weight is 1330 g/mol. The molecule has 1 aliphatic rings. The fourth-order valence-corrected chi connectivity index (χ4v) is 11.5. The van der Waals surface area contributed by atoms with Crippen molar-refractivity contribution in [1.29, 1.82) is 0 Å². The molecule has 0 N–H and O–H groups in total. The van der Waals surface area contributed by atoms with Crippen LogP contribution in [0.2, 0.25) is 0 Å². The second kappa shape index (κ2) is 32.9. The third kappa shape index (κ3) is 20.3. The van der Waals surface area contributed by atoms with Gasteiger partial charge in [0.05, 0.1) is 89.9 Å². The summed E-state index contributed by atoms with van der Waals surface area (Å²) in [5.74, 6) is 1.52. The maximum absolute atomic E-state index is 13.3. The first-order valence-electron chi connectivity index (χ1n) is 34.0. The lowest BCUT2D eigenvalue weighted by Crippen LogP contribution is -2.20. The standard InChI is InChI=1S/C82H100N4O12/c1-53-17-21-69(83-45-53)71-23-19-55(47-85-71)49-93-27-25-91-29-31-95-75-57-33-61-41-67(81(9,10)11)43-63(77(61)97-51-73(87)89-15)35-59-39-66(80(6,7)8)40-60(76(59)96-32-30-92-26-28-94-50-56-20-24-72(86-48-56)70-22-18-54(2)46-84-70)36-64-44-68(82(12,13)14)42-62(78(64)98-52-74(88)90-16)34-58(75)38-65(37-57)79(3,4)5/h17-24,37-48H,25-36,49-52H2,1-16H3. The van der Waals surface area contributed by atoms with E-state index in [1.165, 1.54) is 14.2 Å². The molecular weight excluding hydrogens is 1230 g/mol. The summed E-state index contributed by atoms with van der Waals surface area (Å²) >= 11 is 0. The van der Waals surface area contributed by atoms with Gasteiger partial charge in [0.15, 0.2) is 13.2 Å². The molecule has 9 rings (SSSR count). The Morgan fingerprint density at radius 2 is 0.592 bits per heavy atom. The molecule has 4 heterocycles. The van der Waals surface area contributed by atoms with Gasteiger partial charge in [0.2, 0.25) is 0 Å². The average Bonchev–Trinajstić information content (AvgIpc) is 0.765. The summed E-state index contributed by atoms with van der Waals surface area (Å²) < 4.78 is 63.0. The van der Waals surface area contributed by atoms with E-state index in [2.05, 4.69) is 152 Å². The van der Waals surface area contributed by atoms with E-state index in [1.807, 2.05) is 87.2 Å². The molecule has 520 valence electrons. The van der Waals surface area contributed by atoms with Gasteiger partial charge in [-0.05, 0) is 149 Å². The van der Waals surface area contributed by atoms with Crippen LogP contribution in [-0.2, 0) is 98.6 Å². The highest BCUT2D eigenvalue weighted by Gasteiger charge is 2.30. The quantitative estimate of drug-likeness (QED) is 0.0369. The molecule has 0 radical (unpaired) electrons. The molecular formula is C82H100N4O12. The number of rotatable bonds is 26. The van der Waals surface area contributed by atoms with Gasteiger partial charge in [-0.25, -0.2) is 9.59 Å². The van der Waals surface area contributed by atoms with Crippen LogP contribution in [0.5, 0.6) is 23.0 Å². The minimum Gasteiger partial charge on any atom is -0.491 e. The van der Waals surface area contributed by atoms with Crippen molar-refractivity contribution >= 4 is 11.9 Å². The van der Waals surface area contributed by atoms with Crippen LogP contribution in [0.3, 0.4) is 0 Å². The largest absolute Gasteiger partial charge is 0.491 e. The van der Waals surface area contributed by atoms with Crippen molar-refractivity contribution in [1.82, 2.24) is 19.9 Å². The van der Waals surface area contributed by atoms with Crippen LogP contribution in [0.4, 0.5) is 0 Å². The van der Waals surface area contributed by atoms with Crippen LogP contribution in [0.15, 0.2) is 122 Å². The number of pyridine rings is 4. The van der Waals surface area contributed by atoms with Crippen molar-refractivity contribution in [2.75, 3.05) is 80.3 Å². The fourth-order valence-electron chi connectivity index (χ4n) is 11.5. The maximum Gasteiger partial charge on any atom is 0.343 e. The van der Waals surface area contributed by atoms with Gasteiger partial charge in [-0.15, -0.1) is 0 Å². The van der Waals surface area contributed by atoms with Crippen molar-refractivity contribution in [3.63, 3.8) is 0 Å². The molecule has 0 spiro atoms. The molecule has 0 unspecified atom stereocenters. The van der Waals surface area contributed by atoms with Crippen LogP contribution in [0, 0.1) is 13.8 Å². The van der Waals surface area contributed by atoms with E-state index >= 15 is 0 Å². The second-order valence-corrected chi connectivity index (χ2v) is 29.5. The smallest absolute Gasteiger partial charge is 0.343 e. The molecule has 8 bridgehead atoms. The first-order chi connectivity index (χ1) is 46.6. The second-order valence-electron chi connectivity index (χ2n) is 29.5. The van der Waals surface area contributed by atoms with Crippen molar-refractivity contribution in [3.05, 3.63) is 211 Å². The summed E-state index contributed by atoms with van der Waals surface area (Å²) in [6.07, 6.45) is 8.75. The minimum atomic E-state index is -0.507. The summed E-state index contributed by atoms with van der Waals surface area (Å²) in [7, 11) is 2.74. The highest BCUT2D eigenvalue weighted by molar-refractivity contribution is 5.72. The first kappa shape index (κ1) is 73.7. The van der Waals surface area contributed by atoms with E-state index in [0.29, 0.717) is 88.3 Å². The SMILES string of the molecule is COC(=O)COc1c2cc(C(C)(C)C)cc1Cc1cc(C(C)(C)C)cc(c1OCCOCCOCc1ccc(-c3ccc(C)cn3)nc1)Cc1cc(C(C)(C)C)cc(c1OCC(=O)OC)Cc1cc(C(C)(C)C)cc(c1OCCOCCOCc1ccc(-c3ccc(C)cn3)nc1)C2. The minimum absolute atomic E-state index is 0.221. The van der Waals surface area contributed by atoms with Gasteiger partial charge in [-0.2, -0.15) is 0 Å². The Labute approximate surface area is 580 Å². The van der Waals surface area contributed by atoms with E-state index < -0.39 is 11.9 Å². The zero-order valence-electron chi connectivity index (χ0n) is 60.5. The van der Waals surface area contributed by atoms with Gasteiger partial charge in [0, 0.05) is 50.5 Å². The summed E-state index contributed by atoms with van der Waals surface area (Å²) in [5, 5.41) is 0. The number of nitrogens with zero attached hydrogens (tertiary/aromatic N) is 4. The number of esters is 2. The summed E-state index contributed by atoms with van der Waals surface area (Å²) in [6, 6.07) is 33.8. The summed E-state index contributed by atoms with van der Waals surface area (Å²) in [6.45, 7) is 33.1. The molecule has 4 aromatic heterocycles. The van der Waals surface area contributed by atoms with Gasteiger partial charge >= 0.3 is 11.9 Å². The first-order valence-corrected chi connectivity index (χ1v) is 34.0. The lowest BCUT2D eigenvalue weighted by atomic mass is 9.79. The van der Waals surface area contributed by atoms with Crippen LogP contribution in [0.1, 0.15) is 172 Å². The number of benzene rings is 4. The number of ether oxygens (including phenoxy) is 10. The lowest BCUT2D eigenvalue weighted by Gasteiger charge is -2.29. The monoisotopic (exact) mass is 1330 g/mol. The third-order valence-corrected chi connectivity index (χ3v) is 17.3. The topological polar surface area (TPSA) is 178 Å². The molecule has 1 aliphatic carbocycles. The Kier molecular flexibility index (Phi) is 24.7. The third-order valence-electron chi connectivity index (χ3n) is 17.3. The van der Waals surface area contributed by atoms with Gasteiger partial charge in [-0.1, -0.05) is 156 Å². The molecule has 8 aromatic rings. The van der Waals surface area contributed by atoms with Gasteiger partial charge in [0.25, 0.3) is 0 Å². The Bertz CT molecular complexity index is 3630. The Balaban J connectivity index is 1.09. The maximum atomic E-state index is 13.3. The number of hydrogen-bond donors (Lipinski definition) is 0. The van der Waals surface area contributed by atoms with Crippen LogP contribution in [0.25, 0.3) is 22.8 Å². The zero-order valence-corrected chi connectivity index (χ0v) is 60.5. The number of hydrogen-bond acceptors (Lipinski definition) is 16. The zero-order chi connectivity index (χ0) is 70.4. The number of aromatic nitrogens is 4. The fraction of sp³-hybridized carbons (Fsp3) is 0.439. The summed E-state index contributed by atoms with van der Waals surface area (Å²) in [5.41, 5.74) is 17.5. The predicted octanol–water partition coefficient (Wildman–Crippen LogP) is 15.4. The lowest BCUT2D eigenvalue weighted by molar-refractivity contribution is -0.143. The van der Waals surface area contributed by atoms with Gasteiger partial charge < -0.3 is 47.4 Å². The molecule has 0 amide bonds. The predicted molar refractivity (Wildman–Crippen MR) is 383 cm³/mol. The number of methoxy groups -OCH3 is 2. The van der Waals surface area contributed by atoms with Crippen molar-refractivity contribution < 1.29 is 57.0 Å². The number of carbonyl (C=O) groups excluding carboxylic acids is 2. The Morgan fingerprint density at radius 1 is 0.337 bits per heavy atom. The molecule has 16 nitrogen and oxygen atoms in total. The number of fused-ring (bicyclic) bond motifs is 8. The highest BCUT2D eigenvalue weighted by atomic mass is 16.6. The molecule has 0 saturated heterocycles. The van der Waals surface area contributed by atoms with Gasteiger partial charge in [-0.3, -0.25) is 19.9 Å². The van der Waals surface area contributed by atoms with Gasteiger partial charge in [0.1, 0.15) is 36.2 Å². The van der Waals surface area contributed by atoms with Crippen LogP contribution >= 0.6 is 0 Å². The van der Waals surface area contributed by atoms with E-state index in [9.17, 15) is 9.59 Å². The molecule has 4 aromatic carbocycles. The number of aryl methyl sites for hydroxylation is 2. The Morgan fingerprint density at radius 3 is 0.837 bits per heavy atom.